The number of piperazine rings is 2. The van der Waals surface area contributed by atoms with Crippen molar-refractivity contribution >= 4 is 21.7 Å². The second-order valence-corrected chi connectivity index (χ2v) is 8.99. The third-order valence-corrected chi connectivity index (χ3v) is 7.20. The summed E-state index contributed by atoms with van der Waals surface area (Å²) in [5.41, 5.74) is 0. The third-order valence-electron chi connectivity index (χ3n) is 5.36. The number of rotatable bonds is 6. The molecule has 4 heterocycles. The second-order valence-electron chi connectivity index (χ2n) is 7.05. The molecule has 4 rings (SSSR count). The lowest BCUT2D eigenvalue weighted by Crippen LogP contribution is -2.49. The average Bonchev–Trinajstić information content (AvgIpc) is 3.31. The number of β-amino-alcohol motifs (C(OH)–C–C–N with tert-alkyl or cyclic N) is 1. The molecule has 29 heavy (non-hydrogen) atoms. The van der Waals surface area contributed by atoms with Crippen LogP contribution in [0.1, 0.15) is 0 Å². The Morgan fingerprint density at radius 1 is 0.931 bits per heavy atom. The summed E-state index contributed by atoms with van der Waals surface area (Å²) in [5.74, 6) is 1.58. The van der Waals surface area contributed by atoms with E-state index in [-0.39, 0.29) is 11.5 Å². The highest BCUT2D eigenvalue weighted by Gasteiger charge is 2.30. The minimum atomic E-state index is -3.57. The van der Waals surface area contributed by atoms with Gasteiger partial charge in [-0.3, -0.25) is 4.90 Å². The molecule has 0 spiro atoms. The zero-order valence-electron chi connectivity index (χ0n) is 16.1. The molecule has 0 aliphatic carbocycles. The van der Waals surface area contributed by atoms with Crippen LogP contribution < -0.4 is 9.80 Å². The van der Waals surface area contributed by atoms with Gasteiger partial charge in [-0.05, 0) is 12.1 Å². The van der Waals surface area contributed by atoms with E-state index in [2.05, 4.69) is 29.7 Å². The minimum Gasteiger partial charge on any atom is -0.395 e. The Hall–Kier alpha value is -2.28. The number of aliphatic hydroxyl groups is 1. The van der Waals surface area contributed by atoms with Crippen LogP contribution in [-0.4, -0.2) is 104 Å². The maximum atomic E-state index is 12.5. The lowest BCUT2D eigenvalue weighted by Gasteiger charge is -2.35. The van der Waals surface area contributed by atoms with Gasteiger partial charge >= 0.3 is 0 Å². The molecule has 0 atom stereocenters. The topological polar surface area (TPSA) is 119 Å². The van der Waals surface area contributed by atoms with E-state index in [0.29, 0.717) is 32.7 Å². The molecule has 12 heteroatoms. The summed E-state index contributed by atoms with van der Waals surface area (Å²) in [6.07, 6.45) is 2.37. The highest BCUT2D eigenvalue weighted by atomic mass is 32.2. The van der Waals surface area contributed by atoms with Crippen LogP contribution in [0.3, 0.4) is 0 Å². The van der Waals surface area contributed by atoms with Gasteiger partial charge in [-0.15, -0.1) is 10.2 Å². The smallest absolute Gasteiger partial charge is 0.248 e. The largest absolute Gasteiger partial charge is 0.395 e. The summed E-state index contributed by atoms with van der Waals surface area (Å²) in [4.78, 5) is 6.53. The van der Waals surface area contributed by atoms with Crippen molar-refractivity contribution < 1.29 is 18.0 Å². The molecule has 2 fully saturated rings. The van der Waals surface area contributed by atoms with Crippen molar-refractivity contribution in [3.8, 4) is 0 Å². The zero-order valence-corrected chi connectivity index (χ0v) is 16.9. The number of sulfonamides is 1. The number of aliphatic hydroxyl groups excluding tert-OH is 1. The van der Waals surface area contributed by atoms with Crippen molar-refractivity contribution in [3.05, 3.63) is 24.6 Å². The van der Waals surface area contributed by atoms with Crippen LogP contribution in [0.25, 0.3) is 0 Å². The standard InChI is InChI=1S/C17H25N7O4S/c25-12-11-21-3-5-22(6-4-21)16-1-2-17(20-19-16)23-7-9-24(10-8-23)29(26,27)15-13-18-28-14-15/h1-2,13-14,25H,3-12H2. The summed E-state index contributed by atoms with van der Waals surface area (Å²) >= 11 is 0. The Bertz CT molecular complexity index is 875. The SMILES string of the molecule is O=S(=O)(c1cnoc1)N1CCN(c2ccc(N3CCN(CCO)CC3)nn2)CC1. The van der Waals surface area contributed by atoms with E-state index in [4.69, 9.17) is 5.11 Å². The van der Waals surface area contributed by atoms with Gasteiger partial charge in [0.05, 0.1) is 12.8 Å². The van der Waals surface area contributed by atoms with E-state index in [1.807, 2.05) is 17.0 Å². The first-order valence-corrected chi connectivity index (χ1v) is 11.1. The lowest BCUT2D eigenvalue weighted by molar-refractivity contribution is 0.188. The molecule has 0 unspecified atom stereocenters. The van der Waals surface area contributed by atoms with Crippen LogP contribution in [0.4, 0.5) is 11.6 Å². The van der Waals surface area contributed by atoms with Crippen molar-refractivity contribution in [3.63, 3.8) is 0 Å². The maximum absolute atomic E-state index is 12.5. The van der Waals surface area contributed by atoms with Crippen LogP contribution >= 0.6 is 0 Å². The van der Waals surface area contributed by atoms with Gasteiger partial charge in [-0.1, -0.05) is 5.16 Å². The summed E-state index contributed by atoms with van der Waals surface area (Å²) in [7, 11) is -3.57. The van der Waals surface area contributed by atoms with Crippen LogP contribution in [0.15, 0.2) is 34.0 Å². The Kier molecular flexibility index (Phi) is 5.94. The van der Waals surface area contributed by atoms with Crippen LogP contribution in [0.2, 0.25) is 0 Å². The third kappa shape index (κ3) is 4.34. The molecule has 2 saturated heterocycles. The fraction of sp³-hybridized carbons (Fsp3) is 0.588. The normalized spacial score (nSPS) is 19.6. The van der Waals surface area contributed by atoms with E-state index in [1.54, 1.807) is 0 Å². The van der Waals surface area contributed by atoms with E-state index in [0.717, 1.165) is 44.1 Å². The molecule has 11 nitrogen and oxygen atoms in total. The fourth-order valence-corrected chi connectivity index (χ4v) is 4.91. The maximum Gasteiger partial charge on any atom is 0.248 e. The van der Waals surface area contributed by atoms with E-state index < -0.39 is 10.0 Å². The van der Waals surface area contributed by atoms with Gasteiger partial charge in [0.2, 0.25) is 10.0 Å². The Morgan fingerprint density at radius 3 is 2.00 bits per heavy atom. The van der Waals surface area contributed by atoms with Crippen molar-refractivity contribution in [1.29, 1.82) is 0 Å². The monoisotopic (exact) mass is 423 g/mol. The van der Waals surface area contributed by atoms with Gasteiger partial charge in [-0.25, -0.2) is 8.42 Å². The molecule has 2 aromatic rings. The summed E-state index contributed by atoms with van der Waals surface area (Å²) in [6.45, 7) is 6.20. The van der Waals surface area contributed by atoms with Crippen LogP contribution in [0, 0.1) is 0 Å². The van der Waals surface area contributed by atoms with Crippen molar-refractivity contribution in [2.45, 2.75) is 4.90 Å². The van der Waals surface area contributed by atoms with Gasteiger partial charge in [0.25, 0.3) is 0 Å². The number of nitrogens with zero attached hydrogens (tertiary/aromatic N) is 7. The van der Waals surface area contributed by atoms with Crippen LogP contribution in [-0.2, 0) is 10.0 Å². The first-order valence-electron chi connectivity index (χ1n) is 9.64. The highest BCUT2D eigenvalue weighted by molar-refractivity contribution is 7.89. The van der Waals surface area contributed by atoms with Crippen molar-refractivity contribution in [2.24, 2.45) is 0 Å². The first kappa shape index (κ1) is 20.0. The molecule has 0 saturated carbocycles. The number of aromatic nitrogens is 3. The minimum absolute atomic E-state index is 0.0779. The van der Waals surface area contributed by atoms with E-state index in [9.17, 15) is 8.42 Å². The number of hydrogen-bond donors (Lipinski definition) is 1. The van der Waals surface area contributed by atoms with Gasteiger partial charge in [0.1, 0.15) is 11.2 Å². The van der Waals surface area contributed by atoms with Crippen molar-refractivity contribution in [1.82, 2.24) is 24.6 Å². The molecule has 0 aromatic carbocycles. The van der Waals surface area contributed by atoms with Crippen molar-refractivity contribution in [2.75, 3.05) is 75.3 Å². The molecule has 2 aromatic heterocycles. The first-order chi connectivity index (χ1) is 14.1. The zero-order chi connectivity index (χ0) is 20.3. The second kappa shape index (κ2) is 8.61. The fourth-order valence-electron chi connectivity index (χ4n) is 3.63. The molecule has 2 aliphatic heterocycles. The summed E-state index contributed by atoms with van der Waals surface area (Å²) in [6, 6.07) is 3.90. The van der Waals surface area contributed by atoms with Gasteiger partial charge in [0, 0.05) is 58.9 Å². The molecule has 158 valence electrons. The summed E-state index contributed by atoms with van der Waals surface area (Å²) < 4.78 is 31.2. The molecular formula is C17H25N7O4S. The number of anilines is 2. The Morgan fingerprint density at radius 2 is 1.52 bits per heavy atom. The molecule has 2 aliphatic rings. The predicted octanol–water partition coefficient (Wildman–Crippen LogP) is -0.910. The quantitative estimate of drug-likeness (QED) is 0.625. The molecular weight excluding hydrogens is 398 g/mol. The van der Waals surface area contributed by atoms with Gasteiger partial charge in [-0.2, -0.15) is 4.31 Å². The van der Waals surface area contributed by atoms with Gasteiger partial charge in [0.15, 0.2) is 11.6 Å². The Balaban J connectivity index is 1.33. The molecule has 1 N–H and O–H groups in total. The van der Waals surface area contributed by atoms with Gasteiger partial charge < -0.3 is 19.4 Å². The average molecular weight is 423 g/mol. The predicted molar refractivity (Wildman–Crippen MR) is 105 cm³/mol. The van der Waals surface area contributed by atoms with E-state index in [1.165, 1.54) is 10.5 Å². The molecule has 0 radical (unpaired) electrons. The summed E-state index contributed by atoms with van der Waals surface area (Å²) in [5, 5.41) is 21.2. The molecule has 0 bridgehead atoms. The Labute approximate surface area is 169 Å². The molecule has 0 amide bonds. The number of hydrogen-bond acceptors (Lipinski definition) is 10. The van der Waals surface area contributed by atoms with E-state index >= 15 is 0 Å². The van der Waals surface area contributed by atoms with Crippen LogP contribution in [0.5, 0.6) is 0 Å². The highest BCUT2D eigenvalue weighted by Crippen LogP contribution is 2.21. The lowest BCUT2D eigenvalue weighted by atomic mass is 10.3.